The van der Waals surface area contributed by atoms with Crippen LogP contribution >= 0.6 is 11.8 Å². The molecule has 6 nitrogen and oxygen atoms in total. The second-order valence-corrected chi connectivity index (χ2v) is 8.49. The Morgan fingerprint density at radius 2 is 1.72 bits per heavy atom. The van der Waals surface area contributed by atoms with Crippen molar-refractivity contribution in [1.29, 1.82) is 0 Å². The lowest BCUT2D eigenvalue weighted by Crippen LogP contribution is -2.22. The summed E-state index contributed by atoms with van der Waals surface area (Å²) in [5, 5.41) is 1.12. The van der Waals surface area contributed by atoms with E-state index in [9.17, 15) is 4.79 Å². The number of rotatable bonds is 5. The van der Waals surface area contributed by atoms with Gasteiger partial charge in [0, 0.05) is 17.5 Å². The number of aromatic nitrogens is 4. The average molecular weight is 441 g/mol. The molecule has 2 aromatic carbocycles. The molecule has 0 saturated heterocycles. The van der Waals surface area contributed by atoms with Crippen LogP contribution in [0.15, 0.2) is 87.5 Å². The number of nitrogens with zero attached hydrogens (tertiary/aromatic N) is 4. The van der Waals surface area contributed by atoms with Crippen molar-refractivity contribution in [3.05, 3.63) is 100 Å². The van der Waals surface area contributed by atoms with Gasteiger partial charge in [-0.15, -0.1) is 0 Å². The highest BCUT2D eigenvalue weighted by molar-refractivity contribution is 7.98. The third kappa shape index (κ3) is 3.94. The number of benzene rings is 2. The van der Waals surface area contributed by atoms with E-state index in [2.05, 4.69) is 9.97 Å². The summed E-state index contributed by atoms with van der Waals surface area (Å²) in [5.74, 6) is 1.62. The molecule has 0 radical (unpaired) electrons. The van der Waals surface area contributed by atoms with Crippen LogP contribution in [0.1, 0.15) is 16.8 Å². The highest BCUT2D eigenvalue weighted by atomic mass is 32.2. The van der Waals surface area contributed by atoms with Crippen molar-refractivity contribution >= 4 is 22.7 Å². The first-order valence-corrected chi connectivity index (χ1v) is 11.2. The Morgan fingerprint density at radius 3 is 2.50 bits per heavy atom. The maximum absolute atomic E-state index is 13.3. The van der Waals surface area contributed by atoms with E-state index in [1.165, 1.54) is 17.3 Å². The molecule has 0 atom stereocenters. The minimum Gasteiger partial charge on any atom is -0.444 e. The summed E-state index contributed by atoms with van der Waals surface area (Å²) >= 11 is 1.43. The standard InChI is InChI=1S/C25H20N4O2S/c1-16-7-10-18(11-8-16)23-27-19(14-31-23)15-32-25-28-21-6-4-3-5-20(21)24(30)29(25)22-12-9-17(2)13-26-22/h3-14H,15H2,1-2H3. The molecule has 32 heavy (non-hydrogen) atoms. The number of hydrogen-bond acceptors (Lipinski definition) is 6. The minimum absolute atomic E-state index is 0.144. The highest BCUT2D eigenvalue weighted by Gasteiger charge is 2.15. The maximum Gasteiger partial charge on any atom is 0.267 e. The van der Waals surface area contributed by atoms with Crippen molar-refractivity contribution in [2.75, 3.05) is 0 Å². The van der Waals surface area contributed by atoms with Crippen LogP contribution in [0.25, 0.3) is 28.2 Å². The highest BCUT2D eigenvalue weighted by Crippen LogP contribution is 2.26. The lowest BCUT2D eigenvalue weighted by Gasteiger charge is -2.12. The van der Waals surface area contributed by atoms with Gasteiger partial charge in [-0.1, -0.05) is 47.7 Å². The zero-order valence-electron chi connectivity index (χ0n) is 17.6. The monoisotopic (exact) mass is 440 g/mol. The van der Waals surface area contributed by atoms with Crippen molar-refractivity contribution < 1.29 is 4.42 Å². The molecule has 0 aliphatic rings. The van der Waals surface area contributed by atoms with Crippen LogP contribution in [0, 0.1) is 13.8 Å². The van der Waals surface area contributed by atoms with Crippen molar-refractivity contribution in [3.63, 3.8) is 0 Å². The number of fused-ring (bicyclic) bond motifs is 1. The average Bonchev–Trinajstić information content (AvgIpc) is 3.28. The van der Waals surface area contributed by atoms with Gasteiger partial charge in [-0.2, -0.15) is 0 Å². The molecule has 0 aliphatic heterocycles. The van der Waals surface area contributed by atoms with Crippen LogP contribution in [0.5, 0.6) is 0 Å². The van der Waals surface area contributed by atoms with Gasteiger partial charge in [0.25, 0.3) is 5.56 Å². The number of hydrogen-bond donors (Lipinski definition) is 0. The molecule has 0 saturated carbocycles. The molecule has 3 heterocycles. The lowest BCUT2D eigenvalue weighted by molar-refractivity contribution is 0.573. The number of pyridine rings is 1. The third-order valence-corrected chi connectivity index (χ3v) is 6.04. The molecule has 0 fully saturated rings. The van der Waals surface area contributed by atoms with Gasteiger partial charge in [0.1, 0.15) is 12.1 Å². The Labute approximate surface area is 189 Å². The van der Waals surface area contributed by atoms with E-state index in [0.29, 0.717) is 33.5 Å². The van der Waals surface area contributed by atoms with Crippen LogP contribution in [-0.4, -0.2) is 19.5 Å². The van der Waals surface area contributed by atoms with Gasteiger partial charge in [-0.25, -0.2) is 19.5 Å². The molecule has 0 N–H and O–H groups in total. The molecule has 3 aromatic heterocycles. The molecule has 5 rings (SSSR count). The van der Waals surface area contributed by atoms with E-state index < -0.39 is 0 Å². The third-order valence-electron chi connectivity index (χ3n) is 5.07. The summed E-state index contributed by atoms with van der Waals surface area (Å²) in [6, 6.07) is 19.2. The summed E-state index contributed by atoms with van der Waals surface area (Å²) < 4.78 is 7.24. The number of oxazole rings is 1. The Bertz CT molecular complexity index is 1450. The zero-order valence-corrected chi connectivity index (χ0v) is 18.5. The molecule has 7 heteroatoms. The number of thioether (sulfide) groups is 1. The lowest BCUT2D eigenvalue weighted by atomic mass is 10.1. The first-order chi connectivity index (χ1) is 15.6. The van der Waals surface area contributed by atoms with Gasteiger partial charge in [0.15, 0.2) is 5.16 Å². The quantitative estimate of drug-likeness (QED) is 0.271. The Kier molecular flexibility index (Phi) is 5.33. The predicted molar refractivity (Wildman–Crippen MR) is 126 cm³/mol. The molecular formula is C25H20N4O2S. The van der Waals surface area contributed by atoms with E-state index in [4.69, 9.17) is 9.40 Å². The summed E-state index contributed by atoms with van der Waals surface area (Å²) in [5.41, 5.74) is 4.42. The first kappa shape index (κ1) is 20.2. The molecule has 158 valence electrons. The fourth-order valence-corrected chi connectivity index (χ4v) is 4.22. The molecule has 0 bridgehead atoms. The minimum atomic E-state index is -0.144. The molecule has 0 unspecified atom stereocenters. The summed E-state index contributed by atoms with van der Waals surface area (Å²) in [4.78, 5) is 27.1. The molecule has 0 amide bonds. The van der Waals surface area contributed by atoms with Gasteiger partial charge in [0.05, 0.1) is 16.6 Å². The predicted octanol–water partition coefficient (Wildman–Crippen LogP) is 5.34. The summed E-state index contributed by atoms with van der Waals surface area (Å²) in [6.07, 6.45) is 3.40. The second-order valence-electron chi connectivity index (χ2n) is 7.54. The zero-order chi connectivity index (χ0) is 22.1. The van der Waals surface area contributed by atoms with E-state index in [0.717, 1.165) is 16.8 Å². The Balaban J connectivity index is 1.50. The van der Waals surface area contributed by atoms with Gasteiger partial charge in [-0.05, 0) is 49.7 Å². The molecule has 5 aromatic rings. The van der Waals surface area contributed by atoms with Gasteiger partial charge in [0.2, 0.25) is 5.89 Å². The van der Waals surface area contributed by atoms with E-state index in [1.54, 1.807) is 23.1 Å². The van der Waals surface area contributed by atoms with Crippen LogP contribution in [0.2, 0.25) is 0 Å². The Hall–Kier alpha value is -3.71. The van der Waals surface area contributed by atoms with E-state index in [-0.39, 0.29) is 5.56 Å². The summed E-state index contributed by atoms with van der Waals surface area (Å²) in [7, 11) is 0. The van der Waals surface area contributed by atoms with Crippen LogP contribution in [0.3, 0.4) is 0 Å². The van der Waals surface area contributed by atoms with Crippen LogP contribution < -0.4 is 5.56 Å². The second kappa shape index (κ2) is 8.43. The van der Waals surface area contributed by atoms with E-state index in [1.807, 2.05) is 68.4 Å². The van der Waals surface area contributed by atoms with Gasteiger partial charge in [-0.3, -0.25) is 4.79 Å². The van der Waals surface area contributed by atoms with Crippen molar-refractivity contribution in [2.24, 2.45) is 0 Å². The summed E-state index contributed by atoms with van der Waals surface area (Å²) in [6.45, 7) is 4.00. The smallest absolute Gasteiger partial charge is 0.267 e. The SMILES string of the molecule is Cc1ccc(-c2nc(CSc3nc4ccccc4c(=O)n3-c3ccc(C)cn3)co2)cc1. The first-order valence-electron chi connectivity index (χ1n) is 10.2. The van der Waals surface area contributed by atoms with Crippen molar-refractivity contribution in [2.45, 2.75) is 24.8 Å². The van der Waals surface area contributed by atoms with Gasteiger partial charge >= 0.3 is 0 Å². The van der Waals surface area contributed by atoms with Crippen molar-refractivity contribution in [3.8, 4) is 17.3 Å². The molecular weight excluding hydrogens is 420 g/mol. The van der Waals surface area contributed by atoms with Crippen LogP contribution in [-0.2, 0) is 5.75 Å². The number of para-hydroxylation sites is 1. The Morgan fingerprint density at radius 1 is 0.938 bits per heavy atom. The van der Waals surface area contributed by atoms with Gasteiger partial charge < -0.3 is 4.42 Å². The normalized spacial score (nSPS) is 11.2. The maximum atomic E-state index is 13.3. The van der Waals surface area contributed by atoms with Crippen molar-refractivity contribution in [1.82, 2.24) is 19.5 Å². The fraction of sp³-hybridized carbons (Fsp3) is 0.120. The van der Waals surface area contributed by atoms with Crippen LogP contribution in [0.4, 0.5) is 0 Å². The fourth-order valence-electron chi connectivity index (χ4n) is 3.34. The molecule has 0 aliphatic carbocycles. The molecule has 0 spiro atoms. The largest absolute Gasteiger partial charge is 0.444 e. The topological polar surface area (TPSA) is 73.8 Å². The van der Waals surface area contributed by atoms with E-state index >= 15 is 0 Å². The number of aryl methyl sites for hydroxylation is 2.